The monoisotopic (exact) mass is 243 g/mol. The zero-order valence-corrected chi connectivity index (χ0v) is 10.1. The van der Waals surface area contributed by atoms with Crippen LogP contribution < -0.4 is 10.1 Å². The van der Waals surface area contributed by atoms with Gasteiger partial charge in [0.2, 0.25) is 0 Å². The molecule has 2 nitrogen and oxygen atoms in total. The van der Waals surface area contributed by atoms with E-state index in [1.807, 2.05) is 25.1 Å². The summed E-state index contributed by atoms with van der Waals surface area (Å²) in [4.78, 5) is 0. The van der Waals surface area contributed by atoms with Crippen LogP contribution in [0.25, 0.3) is 0 Å². The van der Waals surface area contributed by atoms with Gasteiger partial charge in [0.1, 0.15) is 17.7 Å². The van der Waals surface area contributed by atoms with Crippen LogP contribution in [0.4, 0.5) is 10.1 Å². The molecule has 1 N–H and O–H groups in total. The number of rotatable bonds is 1. The molecule has 1 heterocycles. The summed E-state index contributed by atoms with van der Waals surface area (Å²) in [5.74, 6) is 0.634. The van der Waals surface area contributed by atoms with Crippen LogP contribution >= 0.6 is 0 Å². The van der Waals surface area contributed by atoms with E-state index < -0.39 is 0 Å². The van der Waals surface area contributed by atoms with Gasteiger partial charge in [-0.3, -0.25) is 0 Å². The van der Waals surface area contributed by atoms with Gasteiger partial charge in [-0.1, -0.05) is 24.3 Å². The number of ether oxygens (including phenoxy) is 1. The topological polar surface area (TPSA) is 21.3 Å². The fourth-order valence-electron chi connectivity index (χ4n) is 2.22. The smallest absolute Gasteiger partial charge is 0.143 e. The lowest BCUT2D eigenvalue weighted by molar-refractivity contribution is 0.210. The molecule has 0 radical (unpaired) electrons. The van der Waals surface area contributed by atoms with Crippen LogP contribution in [0.3, 0.4) is 0 Å². The lowest BCUT2D eigenvalue weighted by Gasteiger charge is -2.28. The maximum absolute atomic E-state index is 12.9. The third-order valence-electron chi connectivity index (χ3n) is 3.21. The lowest BCUT2D eigenvalue weighted by Crippen LogP contribution is -2.24. The molecule has 1 unspecified atom stereocenters. The van der Waals surface area contributed by atoms with Crippen molar-refractivity contribution >= 4 is 5.69 Å². The summed E-state index contributed by atoms with van der Waals surface area (Å²) in [5.41, 5.74) is 3.21. The normalized spacial score (nSPS) is 17.6. The second-order valence-corrected chi connectivity index (χ2v) is 4.49. The van der Waals surface area contributed by atoms with Crippen LogP contribution in [0.15, 0.2) is 42.5 Å². The van der Waals surface area contributed by atoms with E-state index in [4.69, 9.17) is 4.74 Å². The van der Waals surface area contributed by atoms with Crippen LogP contribution in [0.5, 0.6) is 5.75 Å². The lowest BCUT2D eigenvalue weighted by atomic mass is 10.1. The minimum atomic E-state index is -0.223. The van der Waals surface area contributed by atoms with Crippen LogP contribution in [-0.4, -0.2) is 6.54 Å². The molecular formula is C15H14FNO. The second-order valence-electron chi connectivity index (χ2n) is 4.49. The Labute approximate surface area is 105 Å². The molecule has 0 fully saturated rings. The number of hydrogen-bond acceptors (Lipinski definition) is 2. The van der Waals surface area contributed by atoms with Gasteiger partial charge in [0.15, 0.2) is 0 Å². The van der Waals surface area contributed by atoms with E-state index in [-0.39, 0.29) is 11.9 Å². The predicted molar refractivity (Wildman–Crippen MR) is 69.4 cm³/mol. The van der Waals surface area contributed by atoms with Crippen molar-refractivity contribution in [2.24, 2.45) is 0 Å². The first-order chi connectivity index (χ1) is 8.74. The zero-order valence-electron chi connectivity index (χ0n) is 10.1. The molecule has 2 aromatic carbocycles. The number of nitrogens with one attached hydrogen (secondary N) is 1. The molecule has 2 aromatic rings. The Balaban J connectivity index is 1.89. The van der Waals surface area contributed by atoms with Crippen molar-refractivity contribution in [3.8, 4) is 5.75 Å². The Morgan fingerprint density at radius 2 is 1.94 bits per heavy atom. The first-order valence-electron chi connectivity index (χ1n) is 5.99. The van der Waals surface area contributed by atoms with Gasteiger partial charge in [-0.05, 0) is 36.2 Å². The Kier molecular flexibility index (Phi) is 2.67. The van der Waals surface area contributed by atoms with Gasteiger partial charge in [0.25, 0.3) is 0 Å². The molecule has 3 heteroatoms. The summed E-state index contributed by atoms with van der Waals surface area (Å²) in [6, 6.07) is 12.4. The molecule has 0 saturated carbocycles. The third-order valence-corrected chi connectivity index (χ3v) is 3.21. The highest BCUT2D eigenvalue weighted by atomic mass is 19.1. The summed E-state index contributed by atoms with van der Waals surface area (Å²) in [5, 5.41) is 3.38. The van der Waals surface area contributed by atoms with Gasteiger partial charge in [-0.25, -0.2) is 4.39 Å². The largest absolute Gasteiger partial charge is 0.482 e. The van der Waals surface area contributed by atoms with E-state index in [1.165, 1.54) is 17.7 Å². The van der Waals surface area contributed by atoms with Crippen molar-refractivity contribution in [1.29, 1.82) is 0 Å². The number of anilines is 1. The summed E-state index contributed by atoms with van der Waals surface area (Å²) in [6.07, 6.45) is -0.0695. The van der Waals surface area contributed by atoms with Gasteiger partial charge in [0, 0.05) is 0 Å². The maximum Gasteiger partial charge on any atom is 0.143 e. The van der Waals surface area contributed by atoms with E-state index in [9.17, 15) is 4.39 Å². The molecule has 18 heavy (non-hydrogen) atoms. The fraction of sp³-hybridized carbons (Fsp3) is 0.200. The third kappa shape index (κ3) is 1.92. The highest BCUT2D eigenvalue weighted by molar-refractivity contribution is 5.63. The maximum atomic E-state index is 12.9. The van der Waals surface area contributed by atoms with E-state index >= 15 is 0 Å². The first-order valence-corrected chi connectivity index (χ1v) is 5.99. The summed E-state index contributed by atoms with van der Waals surface area (Å²) in [6.45, 7) is 2.75. The average Bonchev–Trinajstić information content (AvgIpc) is 2.39. The number of halogens is 1. The van der Waals surface area contributed by atoms with Gasteiger partial charge < -0.3 is 10.1 Å². The van der Waals surface area contributed by atoms with Crippen molar-refractivity contribution in [3.05, 3.63) is 59.4 Å². The Morgan fingerprint density at radius 3 is 2.72 bits per heavy atom. The van der Waals surface area contributed by atoms with Gasteiger partial charge in [-0.2, -0.15) is 0 Å². The summed E-state index contributed by atoms with van der Waals surface area (Å²) in [7, 11) is 0. The molecule has 0 amide bonds. The van der Waals surface area contributed by atoms with Crippen molar-refractivity contribution in [2.75, 3.05) is 11.9 Å². The molecule has 0 saturated heterocycles. The summed E-state index contributed by atoms with van der Waals surface area (Å²) >= 11 is 0. The number of hydrogen-bond donors (Lipinski definition) is 1. The SMILES string of the molecule is Cc1cccc2c1NCC(c1ccc(F)cc1)O2. The van der Waals surface area contributed by atoms with Crippen LogP contribution in [0, 0.1) is 12.7 Å². The minimum absolute atomic E-state index is 0.0695. The van der Waals surface area contributed by atoms with Crippen molar-refractivity contribution in [3.63, 3.8) is 0 Å². The van der Waals surface area contributed by atoms with Crippen LogP contribution in [0.1, 0.15) is 17.2 Å². The predicted octanol–water partition coefficient (Wildman–Crippen LogP) is 3.68. The quantitative estimate of drug-likeness (QED) is 0.825. The average molecular weight is 243 g/mol. The molecule has 92 valence electrons. The van der Waals surface area contributed by atoms with Crippen molar-refractivity contribution < 1.29 is 9.13 Å². The molecule has 1 aliphatic rings. The van der Waals surface area contributed by atoms with Gasteiger partial charge in [-0.15, -0.1) is 0 Å². The number of fused-ring (bicyclic) bond motifs is 1. The Bertz CT molecular complexity index is 565. The van der Waals surface area contributed by atoms with Gasteiger partial charge >= 0.3 is 0 Å². The van der Waals surface area contributed by atoms with Gasteiger partial charge in [0.05, 0.1) is 12.2 Å². The minimum Gasteiger partial charge on any atom is -0.482 e. The van der Waals surface area contributed by atoms with E-state index in [0.29, 0.717) is 6.54 Å². The fourth-order valence-corrected chi connectivity index (χ4v) is 2.22. The Hall–Kier alpha value is -2.03. The first kappa shape index (κ1) is 11.1. The zero-order chi connectivity index (χ0) is 12.5. The van der Waals surface area contributed by atoms with Crippen molar-refractivity contribution in [1.82, 2.24) is 0 Å². The number of benzene rings is 2. The highest BCUT2D eigenvalue weighted by Gasteiger charge is 2.21. The highest BCUT2D eigenvalue weighted by Crippen LogP contribution is 2.36. The molecule has 1 aliphatic heterocycles. The molecular weight excluding hydrogens is 229 g/mol. The molecule has 1 atom stereocenters. The van der Waals surface area contributed by atoms with E-state index in [0.717, 1.165) is 17.0 Å². The standard InChI is InChI=1S/C15H14FNO/c1-10-3-2-4-13-15(10)17-9-14(18-13)11-5-7-12(16)8-6-11/h2-8,14,17H,9H2,1H3. The Morgan fingerprint density at radius 1 is 1.17 bits per heavy atom. The number of aryl methyl sites for hydroxylation is 1. The summed E-state index contributed by atoms with van der Waals surface area (Å²) < 4.78 is 18.8. The molecule has 0 spiro atoms. The van der Waals surface area contributed by atoms with Crippen LogP contribution in [-0.2, 0) is 0 Å². The molecule has 0 aromatic heterocycles. The number of para-hydroxylation sites is 1. The van der Waals surface area contributed by atoms with Crippen LogP contribution in [0.2, 0.25) is 0 Å². The molecule has 3 rings (SSSR count). The molecule has 0 bridgehead atoms. The van der Waals surface area contributed by atoms with E-state index in [2.05, 4.69) is 5.32 Å². The van der Waals surface area contributed by atoms with Crippen molar-refractivity contribution in [2.45, 2.75) is 13.0 Å². The van der Waals surface area contributed by atoms with E-state index in [1.54, 1.807) is 12.1 Å². The second kappa shape index (κ2) is 4.33. The molecule has 0 aliphatic carbocycles.